The number of benzene rings is 2. The summed E-state index contributed by atoms with van der Waals surface area (Å²) >= 11 is 6.10. The van der Waals surface area contributed by atoms with Gasteiger partial charge in [0, 0.05) is 5.02 Å². The number of rotatable bonds is 7. The number of unbranched alkanes of at least 4 members (excludes halogenated alkanes) is 3. The Balaban J connectivity index is 2.07. The number of ether oxygens (including phenoxy) is 1. The zero-order chi connectivity index (χ0) is 14.2. The second kappa shape index (κ2) is 7.96. The van der Waals surface area contributed by atoms with E-state index in [4.69, 9.17) is 16.3 Å². The van der Waals surface area contributed by atoms with Crippen LogP contribution in [0.4, 0.5) is 0 Å². The Bertz CT molecular complexity index is 522. The summed E-state index contributed by atoms with van der Waals surface area (Å²) in [6, 6.07) is 16.4. The average molecular weight is 288 g/mol. The zero-order valence-corrected chi connectivity index (χ0v) is 12.6. The van der Waals surface area contributed by atoms with E-state index in [0.717, 1.165) is 22.9 Å². The third-order valence-corrected chi connectivity index (χ3v) is 3.47. The summed E-state index contributed by atoms with van der Waals surface area (Å²) in [7, 11) is 0. The lowest BCUT2D eigenvalue weighted by Crippen LogP contribution is -1.93. The Kier molecular flexibility index (Phi) is 5.94. The summed E-state index contributed by atoms with van der Waals surface area (Å²) < 4.78 is 5.94. The van der Waals surface area contributed by atoms with Crippen LogP contribution in [0.25, 0.3) is 0 Å². The molecule has 0 amide bonds. The second-order valence-corrected chi connectivity index (χ2v) is 5.34. The Morgan fingerprint density at radius 2 is 1.85 bits per heavy atom. The van der Waals surface area contributed by atoms with E-state index in [2.05, 4.69) is 13.0 Å². The molecular formula is C18H20ClO. The minimum atomic E-state index is 0.768. The topological polar surface area (TPSA) is 9.23 Å². The van der Waals surface area contributed by atoms with E-state index in [1.54, 1.807) is 0 Å². The lowest BCUT2D eigenvalue weighted by molar-refractivity contribution is 0.474. The minimum absolute atomic E-state index is 0.768. The van der Waals surface area contributed by atoms with Crippen LogP contribution in [0.2, 0.25) is 5.02 Å². The van der Waals surface area contributed by atoms with Gasteiger partial charge in [-0.3, -0.25) is 0 Å². The molecule has 0 fully saturated rings. The van der Waals surface area contributed by atoms with Gasteiger partial charge in [-0.1, -0.05) is 49.9 Å². The maximum Gasteiger partial charge on any atom is 0.130 e. The van der Waals surface area contributed by atoms with Gasteiger partial charge in [0.1, 0.15) is 11.5 Å². The molecule has 1 nitrogen and oxygen atoms in total. The Morgan fingerprint density at radius 1 is 1.05 bits per heavy atom. The highest BCUT2D eigenvalue weighted by molar-refractivity contribution is 6.30. The van der Waals surface area contributed by atoms with Crippen LogP contribution in [-0.4, -0.2) is 0 Å². The minimum Gasteiger partial charge on any atom is -0.457 e. The number of hydrogen-bond donors (Lipinski definition) is 0. The molecule has 0 aliphatic heterocycles. The van der Waals surface area contributed by atoms with Gasteiger partial charge in [-0.2, -0.15) is 0 Å². The van der Waals surface area contributed by atoms with E-state index >= 15 is 0 Å². The smallest absolute Gasteiger partial charge is 0.130 e. The van der Waals surface area contributed by atoms with E-state index in [1.807, 2.05) is 42.5 Å². The van der Waals surface area contributed by atoms with Crippen LogP contribution in [-0.2, 0) is 6.42 Å². The molecule has 0 atom stereocenters. The maximum atomic E-state index is 6.10. The molecule has 0 spiro atoms. The quantitative estimate of drug-likeness (QED) is 0.563. The zero-order valence-electron chi connectivity index (χ0n) is 11.9. The predicted octanol–water partition coefficient (Wildman–Crippen LogP) is 6.06. The predicted molar refractivity (Wildman–Crippen MR) is 84.7 cm³/mol. The van der Waals surface area contributed by atoms with Gasteiger partial charge in [-0.25, -0.2) is 0 Å². The second-order valence-electron chi connectivity index (χ2n) is 4.90. The molecule has 1 radical (unpaired) electrons. The summed E-state index contributed by atoms with van der Waals surface area (Å²) in [5.41, 5.74) is 1.18. The first kappa shape index (κ1) is 14.9. The highest BCUT2D eigenvalue weighted by Crippen LogP contribution is 2.29. The molecule has 105 valence electrons. The molecule has 20 heavy (non-hydrogen) atoms. The van der Waals surface area contributed by atoms with Crippen molar-refractivity contribution >= 4 is 11.6 Å². The Hall–Kier alpha value is -1.47. The molecule has 2 heteroatoms. The van der Waals surface area contributed by atoms with Crippen LogP contribution < -0.4 is 4.74 Å². The first-order chi connectivity index (χ1) is 9.79. The van der Waals surface area contributed by atoms with Crippen molar-refractivity contribution in [3.8, 4) is 11.5 Å². The summed E-state index contributed by atoms with van der Waals surface area (Å²) in [6.07, 6.45) is 5.97. The molecule has 0 N–H and O–H groups in total. The van der Waals surface area contributed by atoms with Crippen LogP contribution in [0.15, 0.2) is 42.5 Å². The molecule has 0 saturated carbocycles. The van der Waals surface area contributed by atoms with Crippen LogP contribution in [0.1, 0.15) is 38.2 Å². The standard InChI is InChI=1S/C18H20ClO/c1-2-3-4-6-9-15-14-16(19)12-13-18(15)20-17-10-7-5-8-11-17/h7-8,10-14H,2-4,6,9H2,1H3. The lowest BCUT2D eigenvalue weighted by atomic mass is 10.1. The van der Waals surface area contributed by atoms with Gasteiger partial charge in [0.2, 0.25) is 0 Å². The van der Waals surface area contributed by atoms with Gasteiger partial charge in [-0.15, -0.1) is 0 Å². The molecule has 0 aliphatic carbocycles. The Labute approximate surface area is 126 Å². The summed E-state index contributed by atoms with van der Waals surface area (Å²) in [5.74, 6) is 1.73. The maximum absolute atomic E-state index is 6.10. The van der Waals surface area contributed by atoms with Crippen molar-refractivity contribution in [3.05, 3.63) is 59.1 Å². The van der Waals surface area contributed by atoms with Crippen LogP contribution in [0.5, 0.6) is 11.5 Å². The third kappa shape index (κ3) is 4.57. The van der Waals surface area contributed by atoms with Gasteiger partial charge in [0.25, 0.3) is 0 Å². The first-order valence-corrected chi connectivity index (χ1v) is 7.60. The van der Waals surface area contributed by atoms with Crippen molar-refractivity contribution in [2.24, 2.45) is 0 Å². The Morgan fingerprint density at radius 3 is 2.60 bits per heavy atom. The van der Waals surface area contributed by atoms with Gasteiger partial charge in [-0.05, 0) is 54.8 Å². The molecule has 2 aromatic rings. The van der Waals surface area contributed by atoms with Gasteiger partial charge in [0.15, 0.2) is 0 Å². The summed E-state index contributed by atoms with van der Waals surface area (Å²) in [5, 5.41) is 0.768. The largest absolute Gasteiger partial charge is 0.457 e. The normalized spacial score (nSPS) is 10.5. The van der Waals surface area contributed by atoms with Crippen LogP contribution >= 0.6 is 11.6 Å². The van der Waals surface area contributed by atoms with E-state index < -0.39 is 0 Å². The molecule has 0 saturated heterocycles. The number of halogens is 1. The average Bonchev–Trinajstić information content (AvgIpc) is 2.47. The van der Waals surface area contributed by atoms with Crippen molar-refractivity contribution in [3.63, 3.8) is 0 Å². The summed E-state index contributed by atoms with van der Waals surface area (Å²) in [4.78, 5) is 0. The fourth-order valence-electron chi connectivity index (χ4n) is 2.15. The summed E-state index contributed by atoms with van der Waals surface area (Å²) in [6.45, 7) is 2.22. The van der Waals surface area contributed by atoms with Crippen molar-refractivity contribution in [2.75, 3.05) is 0 Å². The third-order valence-electron chi connectivity index (χ3n) is 3.24. The molecule has 0 bridgehead atoms. The van der Waals surface area contributed by atoms with Gasteiger partial charge in [0.05, 0.1) is 0 Å². The van der Waals surface area contributed by atoms with Crippen LogP contribution in [0, 0.1) is 6.07 Å². The van der Waals surface area contributed by atoms with Crippen molar-refractivity contribution in [1.29, 1.82) is 0 Å². The van der Waals surface area contributed by atoms with E-state index in [9.17, 15) is 0 Å². The molecular weight excluding hydrogens is 268 g/mol. The van der Waals surface area contributed by atoms with E-state index in [-0.39, 0.29) is 0 Å². The molecule has 0 aromatic heterocycles. The highest BCUT2D eigenvalue weighted by atomic mass is 35.5. The number of aryl methyl sites for hydroxylation is 1. The molecule has 2 aromatic carbocycles. The highest BCUT2D eigenvalue weighted by Gasteiger charge is 2.06. The number of hydrogen-bond acceptors (Lipinski definition) is 1. The monoisotopic (exact) mass is 287 g/mol. The fourth-order valence-corrected chi connectivity index (χ4v) is 2.35. The molecule has 0 unspecified atom stereocenters. The van der Waals surface area contributed by atoms with Crippen LogP contribution in [0.3, 0.4) is 0 Å². The SMILES string of the molecule is CCCCCCc1cc(Cl)ccc1Oc1cc[c]cc1. The lowest BCUT2D eigenvalue weighted by Gasteiger charge is -2.11. The van der Waals surface area contributed by atoms with Gasteiger partial charge >= 0.3 is 0 Å². The van der Waals surface area contributed by atoms with Gasteiger partial charge < -0.3 is 4.74 Å². The molecule has 2 rings (SSSR count). The first-order valence-electron chi connectivity index (χ1n) is 7.22. The fraction of sp³-hybridized carbons (Fsp3) is 0.333. The molecule has 0 aliphatic rings. The van der Waals surface area contributed by atoms with E-state index in [1.165, 1.54) is 31.2 Å². The van der Waals surface area contributed by atoms with Crippen molar-refractivity contribution < 1.29 is 4.74 Å². The van der Waals surface area contributed by atoms with E-state index in [0.29, 0.717) is 0 Å². The molecule has 0 heterocycles. The van der Waals surface area contributed by atoms with Crippen molar-refractivity contribution in [1.82, 2.24) is 0 Å². The van der Waals surface area contributed by atoms with Crippen molar-refractivity contribution in [2.45, 2.75) is 39.0 Å².